The molecule has 0 amide bonds. The van der Waals surface area contributed by atoms with Gasteiger partial charge in [-0.25, -0.2) is 14.5 Å². The summed E-state index contributed by atoms with van der Waals surface area (Å²) in [6, 6.07) is 7.38. The average molecular weight is 268 g/mol. The van der Waals surface area contributed by atoms with Crippen LogP contribution < -0.4 is 0 Å². The fraction of sp³-hybridized carbons (Fsp3) is 0.143. The van der Waals surface area contributed by atoms with Crippen LogP contribution in [0.25, 0.3) is 16.6 Å². The highest BCUT2D eigenvalue weighted by Gasteiger charge is 2.18. The van der Waals surface area contributed by atoms with Crippen LogP contribution in [0.3, 0.4) is 0 Å². The Labute approximate surface area is 114 Å². The fourth-order valence-corrected chi connectivity index (χ4v) is 2.24. The number of hydrogen-bond acceptors (Lipinski definition) is 4. The zero-order valence-electron chi connectivity index (χ0n) is 11.0. The van der Waals surface area contributed by atoms with Crippen LogP contribution in [0.15, 0.2) is 30.5 Å². The van der Waals surface area contributed by atoms with E-state index in [2.05, 4.69) is 15.1 Å². The lowest BCUT2D eigenvalue weighted by Crippen LogP contribution is -2.09. The number of aromatic nitrogens is 4. The summed E-state index contributed by atoms with van der Waals surface area (Å²) in [6.45, 7) is 3.56. The Morgan fingerprint density at radius 3 is 2.65 bits per heavy atom. The summed E-state index contributed by atoms with van der Waals surface area (Å²) >= 11 is 0. The maximum absolute atomic E-state index is 11.5. The Bertz CT molecular complexity index is 823. The van der Waals surface area contributed by atoms with E-state index in [-0.39, 0.29) is 5.56 Å². The number of para-hydroxylation sites is 1. The van der Waals surface area contributed by atoms with Gasteiger partial charge in [-0.1, -0.05) is 18.2 Å². The van der Waals surface area contributed by atoms with Gasteiger partial charge in [-0.15, -0.1) is 0 Å². The minimum atomic E-state index is -1.04. The number of benzene rings is 1. The SMILES string of the molecule is Cc1nc(C)n(-c2c(C(=O)O)cnc3ccccc23)n1. The van der Waals surface area contributed by atoms with Crippen molar-refractivity contribution < 1.29 is 9.90 Å². The van der Waals surface area contributed by atoms with Gasteiger partial charge in [0.2, 0.25) is 0 Å². The molecule has 1 N–H and O–H groups in total. The number of aromatic carboxylic acids is 1. The molecule has 2 heterocycles. The summed E-state index contributed by atoms with van der Waals surface area (Å²) in [6.07, 6.45) is 1.36. The summed E-state index contributed by atoms with van der Waals surface area (Å²) in [5, 5.41) is 14.4. The van der Waals surface area contributed by atoms with Gasteiger partial charge in [-0.05, 0) is 19.9 Å². The van der Waals surface area contributed by atoms with Gasteiger partial charge in [0.05, 0.1) is 11.2 Å². The number of carboxylic acid groups (broad SMARTS) is 1. The van der Waals surface area contributed by atoms with Gasteiger partial charge in [0, 0.05) is 11.6 Å². The Balaban J connectivity index is 2.45. The van der Waals surface area contributed by atoms with Crippen LogP contribution in [0.1, 0.15) is 22.0 Å². The van der Waals surface area contributed by atoms with Gasteiger partial charge >= 0.3 is 5.97 Å². The van der Waals surface area contributed by atoms with E-state index < -0.39 is 5.97 Å². The van der Waals surface area contributed by atoms with Gasteiger partial charge in [0.1, 0.15) is 17.2 Å². The molecule has 3 rings (SSSR count). The third kappa shape index (κ3) is 1.82. The normalized spacial score (nSPS) is 10.9. The first kappa shape index (κ1) is 12.3. The number of rotatable bonds is 2. The van der Waals surface area contributed by atoms with Crippen molar-refractivity contribution >= 4 is 16.9 Å². The second-order valence-electron chi connectivity index (χ2n) is 4.46. The van der Waals surface area contributed by atoms with E-state index >= 15 is 0 Å². The van der Waals surface area contributed by atoms with E-state index in [1.54, 1.807) is 18.5 Å². The summed E-state index contributed by atoms with van der Waals surface area (Å²) in [5.74, 6) is 0.201. The van der Waals surface area contributed by atoms with E-state index in [9.17, 15) is 9.90 Å². The minimum absolute atomic E-state index is 0.108. The molecular weight excluding hydrogens is 256 g/mol. The number of hydrogen-bond donors (Lipinski definition) is 1. The lowest BCUT2D eigenvalue weighted by atomic mass is 10.1. The molecule has 0 aliphatic rings. The van der Waals surface area contributed by atoms with E-state index in [0.717, 1.165) is 10.9 Å². The van der Waals surface area contributed by atoms with Gasteiger partial charge in [-0.2, -0.15) is 5.10 Å². The molecule has 0 fully saturated rings. The second kappa shape index (κ2) is 4.41. The third-order valence-electron chi connectivity index (χ3n) is 3.06. The third-order valence-corrected chi connectivity index (χ3v) is 3.06. The topological polar surface area (TPSA) is 80.9 Å². The van der Waals surface area contributed by atoms with Crippen LogP contribution in [0, 0.1) is 13.8 Å². The number of nitrogens with zero attached hydrogens (tertiary/aromatic N) is 4. The Hall–Kier alpha value is -2.76. The predicted octanol–water partition coefficient (Wildman–Crippen LogP) is 2.13. The molecule has 3 aromatic rings. The zero-order chi connectivity index (χ0) is 14.3. The molecule has 0 saturated heterocycles. The standard InChI is InChI=1S/C14H12N4O2/c1-8-16-9(2)18(17-8)13-10-5-3-4-6-12(10)15-7-11(13)14(19)20/h3-7H,1-2H3,(H,19,20). The van der Waals surface area contributed by atoms with Crippen molar-refractivity contribution in [3.05, 3.63) is 47.7 Å². The van der Waals surface area contributed by atoms with Gasteiger partial charge in [0.25, 0.3) is 0 Å². The molecule has 0 atom stereocenters. The number of carboxylic acids is 1. The van der Waals surface area contributed by atoms with E-state index in [1.165, 1.54) is 6.20 Å². The van der Waals surface area contributed by atoms with Crippen molar-refractivity contribution in [1.82, 2.24) is 19.7 Å². The number of pyridine rings is 1. The highest BCUT2D eigenvalue weighted by molar-refractivity contribution is 6.00. The molecule has 1 aromatic carbocycles. The summed E-state index contributed by atoms with van der Waals surface area (Å²) in [4.78, 5) is 19.9. The van der Waals surface area contributed by atoms with Crippen molar-refractivity contribution in [1.29, 1.82) is 0 Å². The fourth-order valence-electron chi connectivity index (χ4n) is 2.24. The van der Waals surface area contributed by atoms with E-state index in [0.29, 0.717) is 17.3 Å². The molecule has 0 radical (unpaired) electrons. The summed E-state index contributed by atoms with van der Waals surface area (Å²) in [5.41, 5.74) is 1.33. The first-order valence-electron chi connectivity index (χ1n) is 6.09. The number of fused-ring (bicyclic) bond motifs is 1. The Kier molecular flexibility index (Phi) is 2.71. The average Bonchev–Trinajstić information content (AvgIpc) is 2.76. The highest BCUT2D eigenvalue weighted by Crippen LogP contribution is 2.25. The quantitative estimate of drug-likeness (QED) is 0.770. The molecular formula is C14H12N4O2. The van der Waals surface area contributed by atoms with Crippen LogP contribution in [0.2, 0.25) is 0 Å². The van der Waals surface area contributed by atoms with Gasteiger partial charge < -0.3 is 5.11 Å². The zero-order valence-corrected chi connectivity index (χ0v) is 11.0. The number of carbonyl (C=O) groups is 1. The number of aryl methyl sites for hydroxylation is 2. The molecule has 6 heteroatoms. The molecule has 20 heavy (non-hydrogen) atoms. The first-order valence-corrected chi connectivity index (χ1v) is 6.09. The van der Waals surface area contributed by atoms with Crippen LogP contribution in [-0.2, 0) is 0 Å². The lowest BCUT2D eigenvalue weighted by molar-refractivity contribution is 0.0696. The van der Waals surface area contributed by atoms with E-state index in [4.69, 9.17) is 0 Å². The van der Waals surface area contributed by atoms with E-state index in [1.807, 2.05) is 24.3 Å². The van der Waals surface area contributed by atoms with Crippen LogP contribution in [0.4, 0.5) is 0 Å². The minimum Gasteiger partial charge on any atom is -0.478 e. The maximum atomic E-state index is 11.5. The second-order valence-corrected chi connectivity index (χ2v) is 4.46. The highest BCUT2D eigenvalue weighted by atomic mass is 16.4. The van der Waals surface area contributed by atoms with Gasteiger partial charge in [-0.3, -0.25) is 4.98 Å². The summed E-state index contributed by atoms with van der Waals surface area (Å²) in [7, 11) is 0. The molecule has 2 aromatic heterocycles. The monoisotopic (exact) mass is 268 g/mol. The molecule has 0 spiro atoms. The largest absolute Gasteiger partial charge is 0.478 e. The molecule has 0 bridgehead atoms. The molecule has 100 valence electrons. The molecule has 0 saturated carbocycles. The van der Waals surface area contributed by atoms with Crippen LogP contribution in [0.5, 0.6) is 0 Å². The molecule has 0 aliphatic heterocycles. The van der Waals surface area contributed by atoms with Crippen LogP contribution in [-0.4, -0.2) is 30.8 Å². The maximum Gasteiger partial charge on any atom is 0.339 e. The van der Waals surface area contributed by atoms with Crippen molar-refractivity contribution in [2.75, 3.05) is 0 Å². The molecule has 6 nitrogen and oxygen atoms in total. The predicted molar refractivity (Wildman–Crippen MR) is 73.1 cm³/mol. The lowest BCUT2D eigenvalue weighted by Gasteiger charge is -2.10. The Morgan fingerprint density at radius 2 is 2.00 bits per heavy atom. The first-order chi connectivity index (χ1) is 9.58. The van der Waals surface area contributed by atoms with Crippen molar-refractivity contribution in [2.24, 2.45) is 0 Å². The Morgan fingerprint density at radius 1 is 1.25 bits per heavy atom. The van der Waals surface area contributed by atoms with Crippen molar-refractivity contribution in [3.63, 3.8) is 0 Å². The van der Waals surface area contributed by atoms with Crippen molar-refractivity contribution in [2.45, 2.75) is 13.8 Å². The summed E-state index contributed by atoms with van der Waals surface area (Å²) < 4.78 is 1.56. The molecule has 0 aliphatic carbocycles. The van der Waals surface area contributed by atoms with Crippen molar-refractivity contribution in [3.8, 4) is 5.69 Å². The van der Waals surface area contributed by atoms with Gasteiger partial charge in [0.15, 0.2) is 0 Å². The van der Waals surface area contributed by atoms with Crippen LogP contribution >= 0.6 is 0 Å². The molecule has 0 unspecified atom stereocenters. The smallest absolute Gasteiger partial charge is 0.339 e.